The number of nitrogens with one attached hydrogen (secondary N) is 1. The number of aliphatic hydroxyl groups excluding tert-OH is 1. The summed E-state index contributed by atoms with van der Waals surface area (Å²) in [7, 11) is 0. The van der Waals surface area contributed by atoms with E-state index in [9.17, 15) is 5.11 Å². The normalized spacial score (nSPS) is 17.0. The van der Waals surface area contributed by atoms with E-state index in [2.05, 4.69) is 16.4 Å². The Kier molecular flexibility index (Phi) is 4.45. The fourth-order valence-electron chi connectivity index (χ4n) is 2.68. The van der Waals surface area contributed by atoms with Crippen molar-refractivity contribution in [1.29, 1.82) is 0 Å². The molecule has 0 aliphatic carbocycles. The lowest BCUT2D eigenvalue weighted by molar-refractivity contribution is 0.187. The Morgan fingerprint density at radius 3 is 2.80 bits per heavy atom. The SMILES string of the molecule is OC(CN=C1NC=CCN1c1nc2ccccc2s1)c1ccccc1. The van der Waals surface area contributed by atoms with Crippen molar-refractivity contribution in [2.24, 2.45) is 4.99 Å². The van der Waals surface area contributed by atoms with Gasteiger partial charge in [-0.1, -0.05) is 53.8 Å². The zero-order chi connectivity index (χ0) is 17.1. The van der Waals surface area contributed by atoms with E-state index in [1.165, 1.54) is 0 Å². The first-order chi connectivity index (χ1) is 12.3. The molecule has 1 aliphatic rings. The van der Waals surface area contributed by atoms with Gasteiger partial charge in [0.25, 0.3) is 0 Å². The quantitative estimate of drug-likeness (QED) is 0.758. The zero-order valence-corrected chi connectivity index (χ0v) is 14.4. The number of guanidine groups is 1. The maximum Gasteiger partial charge on any atom is 0.204 e. The lowest BCUT2D eigenvalue weighted by Gasteiger charge is -2.25. The van der Waals surface area contributed by atoms with Crippen molar-refractivity contribution in [3.63, 3.8) is 0 Å². The van der Waals surface area contributed by atoms with E-state index in [1.54, 1.807) is 11.3 Å². The van der Waals surface area contributed by atoms with Crippen LogP contribution in [0.5, 0.6) is 0 Å². The topological polar surface area (TPSA) is 60.8 Å². The van der Waals surface area contributed by atoms with Crippen LogP contribution < -0.4 is 10.2 Å². The molecule has 0 bridgehead atoms. The number of hydrogen-bond acceptors (Lipinski definition) is 4. The highest BCUT2D eigenvalue weighted by molar-refractivity contribution is 7.22. The van der Waals surface area contributed by atoms with Gasteiger partial charge in [0, 0.05) is 12.7 Å². The van der Waals surface area contributed by atoms with Crippen LogP contribution >= 0.6 is 11.3 Å². The van der Waals surface area contributed by atoms with Gasteiger partial charge in [0.1, 0.15) is 0 Å². The summed E-state index contributed by atoms with van der Waals surface area (Å²) in [5.74, 6) is 0.705. The summed E-state index contributed by atoms with van der Waals surface area (Å²) in [5.41, 5.74) is 1.85. The number of hydrogen-bond donors (Lipinski definition) is 2. The molecule has 2 aromatic carbocycles. The molecule has 25 heavy (non-hydrogen) atoms. The van der Waals surface area contributed by atoms with E-state index in [4.69, 9.17) is 4.98 Å². The molecule has 1 unspecified atom stereocenters. The molecule has 126 valence electrons. The van der Waals surface area contributed by atoms with Crippen molar-refractivity contribution in [2.45, 2.75) is 6.10 Å². The molecule has 2 N–H and O–H groups in total. The molecule has 0 saturated heterocycles. The van der Waals surface area contributed by atoms with Crippen molar-refractivity contribution in [2.75, 3.05) is 18.0 Å². The Balaban J connectivity index is 1.57. The van der Waals surface area contributed by atoms with E-state index in [1.807, 2.05) is 65.7 Å². The van der Waals surface area contributed by atoms with Crippen LogP contribution in [0.25, 0.3) is 10.2 Å². The minimum atomic E-state index is -0.626. The van der Waals surface area contributed by atoms with Crippen molar-refractivity contribution < 1.29 is 5.11 Å². The second kappa shape index (κ2) is 7.04. The Morgan fingerprint density at radius 2 is 1.96 bits per heavy atom. The number of thiazole rings is 1. The molecule has 4 rings (SSSR count). The van der Waals surface area contributed by atoms with Gasteiger partial charge in [-0.05, 0) is 23.8 Å². The third kappa shape index (κ3) is 3.40. The Bertz CT molecular complexity index is 886. The number of anilines is 1. The van der Waals surface area contributed by atoms with Crippen LogP contribution in [0.1, 0.15) is 11.7 Å². The predicted molar refractivity (Wildman–Crippen MR) is 103 cm³/mol. The molecule has 0 fully saturated rings. The minimum Gasteiger partial charge on any atom is -0.386 e. The third-order valence-corrected chi connectivity index (χ3v) is 5.05. The van der Waals surface area contributed by atoms with Crippen LogP contribution in [-0.2, 0) is 0 Å². The molecular weight excluding hydrogens is 332 g/mol. The maximum absolute atomic E-state index is 10.3. The molecule has 6 heteroatoms. The number of nitrogens with zero attached hydrogens (tertiary/aromatic N) is 3. The van der Waals surface area contributed by atoms with Gasteiger partial charge in [0.15, 0.2) is 5.13 Å². The van der Waals surface area contributed by atoms with Crippen LogP contribution in [0.15, 0.2) is 71.9 Å². The highest BCUT2D eigenvalue weighted by Crippen LogP contribution is 2.29. The molecule has 0 amide bonds. The lowest BCUT2D eigenvalue weighted by atomic mass is 10.1. The lowest BCUT2D eigenvalue weighted by Crippen LogP contribution is -2.42. The third-order valence-electron chi connectivity index (χ3n) is 3.99. The molecule has 5 nitrogen and oxygen atoms in total. The van der Waals surface area contributed by atoms with Gasteiger partial charge in [0.05, 0.1) is 22.9 Å². The number of aliphatic hydroxyl groups is 1. The van der Waals surface area contributed by atoms with Crippen molar-refractivity contribution >= 4 is 32.6 Å². The standard InChI is InChI=1S/C19H18N4OS/c24-16(14-7-2-1-3-8-14)13-21-18-20-11-6-12-23(18)19-22-15-9-4-5-10-17(15)25-19/h1-11,16,24H,12-13H2,(H,20,21). The summed E-state index contributed by atoms with van der Waals surface area (Å²) < 4.78 is 1.15. The first kappa shape index (κ1) is 15.8. The molecule has 0 spiro atoms. The fourth-order valence-corrected chi connectivity index (χ4v) is 3.66. The highest BCUT2D eigenvalue weighted by atomic mass is 32.1. The number of benzene rings is 2. The van der Waals surface area contributed by atoms with Crippen LogP contribution in [0.3, 0.4) is 0 Å². The molecule has 1 atom stereocenters. The van der Waals surface area contributed by atoms with Gasteiger partial charge < -0.3 is 10.4 Å². The number of para-hydroxylation sites is 1. The minimum absolute atomic E-state index is 0.293. The van der Waals surface area contributed by atoms with Crippen LogP contribution in [0.4, 0.5) is 5.13 Å². The van der Waals surface area contributed by atoms with Gasteiger partial charge in [-0.25, -0.2) is 9.98 Å². The van der Waals surface area contributed by atoms with E-state index in [0.717, 1.165) is 20.9 Å². The smallest absolute Gasteiger partial charge is 0.204 e. The Labute approximate surface area is 150 Å². The molecule has 0 radical (unpaired) electrons. The van der Waals surface area contributed by atoms with E-state index < -0.39 is 6.10 Å². The maximum atomic E-state index is 10.3. The summed E-state index contributed by atoms with van der Waals surface area (Å²) in [6, 6.07) is 17.7. The number of aromatic nitrogens is 1. The van der Waals surface area contributed by atoms with Crippen LogP contribution in [0, 0.1) is 0 Å². The molecule has 3 aromatic rings. The second-order valence-electron chi connectivity index (χ2n) is 5.71. The summed E-state index contributed by atoms with van der Waals surface area (Å²) in [5, 5.41) is 14.4. The van der Waals surface area contributed by atoms with Crippen LogP contribution in [-0.4, -0.2) is 29.1 Å². The van der Waals surface area contributed by atoms with Gasteiger partial charge >= 0.3 is 0 Å². The van der Waals surface area contributed by atoms with Gasteiger partial charge in [-0.2, -0.15) is 0 Å². The Hall–Kier alpha value is -2.70. The van der Waals surface area contributed by atoms with E-state index in [0.29, 0.717) is 19.0 Å². The fraction of sp³-hybridized carbons (Fsp3) is 0.158. The zero-order valence-electron chi connectivity index (χ0n) is 13.5. The average molecular weight is 350 g/mol. The molecular formula is C19H18N4OS. The molecule has 1 aromatic heterocycles. The van der Waals surface area contributed by atoms with Crippen molar-refractivity contribution in [3.8, 4) is 0 Å². The van der Waals surface area contributed by atoms with Gasteiger partial charge in [-0.3, -0.25) is 4.90 Å². The average Bonchev–Trinajstić information content (AvgIpc) is 3.11. The van der Waals surface area contributed by atoms with E-state index >= 15 is 0 Å². The number of aliphatic imine (C=N–C) groups is 1. The Morgan fingerprint density at radius 1 is 1.16 bits per heavy atom. The monoisotopic (exact) mass is 350 g/mol. The molecule has 1 aliphatic heterocycles. The molecule has 0 saturated carbocycles. The van der Waals surface area contributed by atoms with Crippen molar-refractivity contribution in [1.82, 2.24) is 10.3 Å². The second-order valence-corrected chi connectivity index (χ2v) is 6.72. The summed E-state index contributed by atoms with van der Waals surface area (Å²) >= 11 is 1.64. The summed E-state index contributed by atoms with van der Waals surface area (Å²) in [6.45, 7) is 0.995. The first-order valence-electron chi connectivity index (χ1n) is 8.13. The first-order valence-corrected chi connectivity index (χ1v) is 8.95. The number of fused-ring (bicyclic) bond motifs is 1. The highest BCUT2D eigenvalue weighted by Gasteiger charge is 2.19. The van der Waals surface area contributed by atoms with E-state index in [-0.39, 0.29) is 0 Å². The van der Waals surface area contributed by atoms with Gasteiger partial charge in [-0.15, -0.1) is 0 Å². The van der Waals surface area contributed by atoms with Gasteiger partial charge in [0.2, 0.25) is 5.96 Å². The van der Waals surface area contributed by atoms with Crippen molar-refractivity contribution in [3.05, 3.63) is 72.4 Å². The largest absolute Gasteiger partial charge is 0.386 e. The van der Waals surface area contributed by atoms with Crippen LogP contribution in [0.2, 0.25) is 0 Å². The summed E-state index contributed by atoms with van der Waals surface area (Å²) in [4.78, 5) is 11.3. The predicted octanol–water partition coefficient (Wildman–Crippen LogP) is 3.31. The number of rotatable bonds is 4. The molecule has 2 heterocycles. The summed E-state index contributed by atoms with van der Waals surface area (Å²) in [6.07, 6.45) is 3.27.